The number of H-pyrrole nitrogens is 2. The van der Waals surface area contributed by atoms with E-state index in [1.165, 1.54) is 6.20 Å². The number of likely N-dealkylation sites (N-methyl/N-ethyl adjacent to an activating group) is 1. The Balaban J connectivity index is 1.92. The maximum Gasteiger partial charge on any atom is 0.257 e. The first kappa shape index (κ1) is 16.3. The first-order valence-electron chi connectivity index (χ1n) is 7.90. The number of fused-ring (bicyclic) bond motifs is 1. The van der Waals surface area contributed by atoms with E-state index in [0.717, 1.165) is 28.9 Å². The van der Waals surface area contributed by atoms with Gasteiger partial charge in [-0.05, 0) is 58.3 Å². The summed E-state index contributed by atoms with van der Waals surface area (Å²) >= 11 is 0. The molecular formula is C19H22N3O2. The van der Waals surface area contributed by atoms with E-state index < -0.39 is 0 Å². The molecule has 5 nitrogen and oxygen atoms in total. The molecule has 0 saturated heterocycles. The van der Waals surface area contributed by atoms with E-state index in [1.807, 2.05) is 38.4 Å². The maximum atomic E-state index is 11.9. The average molecular weight is 324 g/mol. The molecule has 1 radical (unpaired) electrons. The Hall–Kier alpha value is -2.53. The number of aromatic amines is 2. The van der Waals surface area contributed by atoms with Gasteiger partial charge < -0.3 is 19.6 Å². The highest BCUT2D eigenvalue weighted by Gasteiger charge is 2.21. The zero-order valence-electron chi connectivity index (χ0n) is 14.4. The largest absolute Gasteiger partial charge is 0.487 e. The lowest BCUT2D eigenvalue weighted by Crippen LogP contribution is -2.39. The van der Waals surface area contributed by atoms with Crippen LogP contribution in [-0.4, -0.2) is 41.1 Å². The van der Waals surface area contributed by atoms with Gasteiger partial charge in [-0.3, -0.25) is 4.79 Å². The molecule has 0 atom stereocenters. The van der Waals surface area contributed by atoms with Gasteiger partial charge >= 0.3 is 0 Å². The molecule has 2 heterocycles. The van der Waals surface area contributed by atoms with Crippen LogP contribution in [0.25, 0.3) is 22.2 Å². The van der Waals surface area contributed by atoms with Gasteiger partial charge in [-0.25, -0.2) is 0 Å². The number of ether oxygens (including phenoxy) is 1. The van der Waals surface area contributed by atoms with Crippen molar-refractivity contribution >= 4 is 10.9 Å². The molecular weight excluding hydrogens is 302 g/mol. The van der Waals surface area contributed by atoms with Crippen molar-refractivity contribution in [2.45, 2.75) is 19.4 Å². The second kappa shape index (κ2) is 6.17. The zero-order valence-corrected chi connectivity index (χ0v) is 14.4. The molecule has 0 unspecified atom stereocenters. The monoisotopic (exact) mass is 324 g/mol. The van der Waals surface area contributed by atoms with Crippen LogP contribution in [0.4, 0.5) is 0 Å². The predicted octanol–water partition coefficient (Wildman–Crippen LogP) is 3.04. The molecule has 0 amide bonds. The van der Waals surface area contributed by atoms with Crippen LogP contribution in [0.15, 0.2) is 41.3 Å². The fourth-order valence-corrected chi connectivity index (χ4v) is 3.01. The number of hydrogen-bond acceptors (Lipinski definition) is 3. The highest BCUT2D eigenvalue weighted by atomic mass is 16.5. The Morgan fingerprint density at radius 2 is 2.04 bits per heavy atom. The van der Waals surface area contributed by atoms with E-state index in [9.17, 15) is 4.79 Å². The molecule has 0 saturated carbocycles. The summed E-state index contributed by atoms with van der Waals surface area (Å²) in [7, 11) is 4.06. The zero-order chi connectivity index (χ0) is 17.3. The summed E-state index contributed by atoms with van der Waals surface area (Å²) in [5.41, 5.74) is 1.88. The van der Waals surface area contributed by atoms with E-state index in [-0.39, 0.29) is 11.2 Å². The molecule has 2 N–H and O–H groups in total. The summed E-state index contributed by atoms with van der Waals surface area (Å²) in [5, 5.41) is 1.01. The van der Waals surface area contributed by atoms with Gasteiger partial charge in [0.05, 0.1) is 11.3 Å². The number of aromatic nitrogens is 2. The van der Waals surface area contributed by atoms with Crippen LogP contribution in [-0.2, 0) is 0 Å². The molecule has 1 aromatic carbocycles. The summed E-state index contributed by atoms with van der Waals surface area (Å²) in [6.07, 6.45) is 1.51. The molecule has 5 heteroatoms. The molecule has 0 aliphatic rings. The standard InChI is InChI=1S/C19H22N3O2/c1-19(2,12-22(3)4)24-14-7-8-16-13(10-14)11-17(21-16)15-6-5-9-20-18(15)23/h6-11,21H,12H2,1-4H3,(H,20,23). The van der Waals surface area contributed by atoms with Crippen LogP contribution in [0.2, 0.25) is 0 Å². The second-order valence-corrected chi connectivity index (χ2v) is 6.87. The summed E-state index contributed by atoms with van der Waals surface area (Å²) in [6.45, 7) is 4.96. The molecule has 0 spiro atoms. The molecule has 2 aromatic heterocycles. The lowest BCUT2D eigenvalue weighted by Gasteiger charge is -2.29. The number of pyridine rings is 1. The predicted molar refractivity (Wildman–Crippen MR) is 96.5 cm³/mol. The van der Waals surface area contributed by atoms with Crippen molar-refractivity contribution in [2.75, 3.05) is 20.6 Å². The molecule has 3 aromatic rings. The Labute approximate surface area is 141 Å². The lowest BCUT2D eigenvalue weighted by molar-refractivity contribution is 0.0776. The van der Waals surface area contributed by atoms with Crippen molar-refractivity contribution in [1.29, 1.82) is 0 Å². The van der Waals surface area contributed by atoms with Crippen molar-refractivity contribution in [2.24, 2.45) is 0 Å². The van der Waals surface area contributed by atoms with E-state index in [0.29, 0.717) is 5.56 Å². The van der Waals surface area contributed by atoms with Crippen LogP contribution in [0.3, 0.4) is 0 Å². The summed E-state index contributed by atoms with van der Waals surface area (Å²) < 4.78 is 6.13. The minimum absolute atomic E-state index is 0.135. The van der Waals surface area contributed by atoms with Crippen molar-refractivity contribution in [1.82, 2.24) is 14.9 Å². The molecule has 0 aliphatic carbocycles. The highest BCUT2D eigenvalue weighted by Crippen LogP contribution is 2.27. The van der Waals surface area contributed by atoms with Gasteiger partial charge in [-0.15, -0.1) is 0 Å². The van der Waals surface area contributed by atoms with Crippen molar-refractivity contribution in [3.05, 3.63) is 52.9 Å². The molecule has 0 bridgehead atoms. The lowest BCUT2D eigenvalue weighted by atomic mass is 10.1. The summed E-state index contributed by atoms with van der Waals surface area (Å²) in [6, 6.07) is 12.5. The van der Waals surface area contributed by atoms with Crippen LogP contribution < -0.4 is 10.3 Å². The maximum absolute atomic E-state index is 11.9. The third-order valence-corrected chi connectivity index (χ3v) is 3.73. The average Bonchev–Trinajstić information content (AvgIpc) is 2.88. The Morgan fingerprint density at radius 3 is 2.75 bits per heavy atom. The Bertz CT molecular complexity index is 906. The number of nitrogens with zero attached hydrogens (tertiary/aromatic N) is 1. The van der Waals surface area contributed by atoms with Crippen LogP contribution in [0.1, 0.15) is 13.8 Å². The molecule has 0 fully saturated rings. The number of hydrogen-bond donors (Lipinski definition) is 2. The van der Waals surface area contributed by atoms with Gasteiger partial charge in [-0.1, -0.05) is 0 Å². The van der Waals surface area contributed by atoms with Crippen molar-refractivity contribution in [3.63, 3.8) is 0 Å². The Kier molecular flexibility index (Phi) is 4.20. The van der Waals surface area contributed by atoms with E-state index in [2.05, 4.69) is 34.8 Å². The van der Waals surface area contributed by atoms with E-state index in [1.54, 1.807) is 6.07 Å². The highest BCUT2D eigenvalue weighted by molar-refractivity contribution is 5.86. The fraction of sp³-hybridized carbons (Fsp3) is 0.316. The Morgan fingerprint density at radius 1 is 1.25 bits per heavy atom. The normalized spacial score (nSPS) is 12.0. The molecule has 0 aliphatic heterocycles. The molecule has 3 rings (SSSR count). The quantitative estimate of drug-likeness (QED) is 0.758. The third kappa shape index (κ3) is 3.51. The van der Waals surface area contributed by atoms with Gasteiger partial charge in [0.2, 0.25) is 0 Å². The van der Waals surface area contributed by atoms with Gasteiger partial charge in [0.25, 0.3) is 5.56 Å². The number of benzene rings is 1. The van der Waals surface area contributed by atoms with Crippen molar-refractivity contribution in [3.8, 4) is 17.0 Å². The summed E-state index contributed by atoms with van der Waals surface area (Å²) in [4.78, 5) is 19.9. The first-order valence-corrected chi connectivity index (χ1v) is 7.90. The smallest absolute Gasteiger partial charge is 0.257 e. The van der Waals surface area contributed by atoms with Crippen LogP contribution in [0, 0.1) is 6.07 Å². The SMILES string of the molecule is CN(C)CC(C)(C)Oc1ccc2[nH]c(-c3c[c]c[nH]c3=O)cc2c1. The van der Waals surface area contributed by atoms with Crippen molar-refractivity contribution < 1.29 is 4.74 Å². The van der Waals surface area contributed by atoms with E-state index >= 15 is 0 Å². The minimum Gasteiger partial charge on any atom is -0.487 e. The topological polar surface area (TPSA) is 61.1 Å². The van der Waals surface area contributed by atoms with Gasteiger partial charge in [-0.2, -0.15) is 0 Å². The third-order valence-electron chi connectivity index (χ3n) is 3.73. The van der Waals surface area contributed by atoms with Gasteiger partial charge in [0, 0.05) is 29.7 Å². The fourth-order valence-electron chi connectivity index (χ4n) is 3.01. The van der Waals surface area contributed by atoms with Gasteiger partial charge in [0.15, 0.2) is 0 Å². The molecule has 24 heavy (non-hydrogen) atoms. The first-order chi connectivity index (χ1) is 11.3. The van der Waals surface area contributed by atoms with Crippen LogP contribution >= 0.6 is 0 Å². The van der Waals surface area contributed by atoms with Gasteiger partial charge in [0.1, 0.15) is 11.4 Å². The molecule has 125 valence electrons. The number of nitrogens with one attached hydrogen (secondary N) is 2. The minimum atomic E-state index is -0.290. The van der Waals surface area contributed by atoms with E-state index in [4.69, 9.17) is 4.74 Å². The number of rotatable bonds is 5. The van der Waals surface area contributed by atoms with Crippen LogP contribution in [0.5, 0.6) is 5.75 Å². The summed E-state index contributed by atoms with van der Waals surface area (Å²) in [5.74, 6) is 0.813. The second-order valence-electron chi connectivity index (χ2n) is 6.87.